The number of hydrogen-bond donors (Lipinski definition) is 1. The molecule has 0 heterocycles. The second-order valence-corrected chi connectivity index (χ2v) is 2.84. The molecule has 0 bridgehead atoms. The third-order valence-corrected chi connectivity index (χ3v) is 1.93. The van der Waals surface area contributed by atoms with Crippen molar-refractivity contribution in [1.82, 2.24) is 0 Å². The van der Waals surface area contributed by atoms with Gasteiger partial charge in [-0.05, 0) is 42.5 Å². The summed E-state index contributed by atoms with van der Waals surface area (Å²) in [4.78, 5) is 10.6. The van der Waals surface area contributed by atoms with Crippen molar-refractivity contribution < 1.29 is 9.90 Å². The van der Waals surface area contributed by atoms with Crippen molar-refractivity contribution in [3.63, 3.8) is 0 Å². The summed E-state index contributed by atoms with van der Waals surface area (Å²) >= 11 is 5.26. The Labute approximate surface area is 70.2 Å². The third kappa shape index (κ3) is 2.09. The summed E-state index contributed by atoms with van der Waals surface area (Å²) in [6.45, 7) is 0. The lowest BCUT2D eigenvalue weighted by atomic mass is 9.97. The predicted molar refractivity (Wildman–Crippen MR) is 43.5 cm³/mol. The number of halogens is 1. The van der Waals surface area contributed by atoms with Gasteiger partial charge in [0.25, 0.3) is 0 Å². The Morgan fingerprint density at radius 1 is 1.64 bits per heavy atom. The van der Waals surface area contributed by atoms with Gasteiger partial charge in [0.2, 0.25) is 5.24 Å². The quantitative estimate of drug-likeness (QED) is 0.487. The van der Waals surface area contributed by atoms with E-state index in [1.54, 1.807) is 6.08 Å². The van der Waals surface area contributed by atoms with E-state index in [-0.39, 0.29) is 0 Å². The molecule has 0 fully saturated rings. The van der Waals surface area contributed by atoms with Crippen molar-refractivity contribution in [2.45, 2.75) is 19.3 Å². The van der Waals surface area contributed by atoms with Gasteiger partial charge < -0.3 is 5.11 Å². The molecule has 0 unspecified atom stereocenters. The van der Waals surface area contributed by atoms with Crippen LogP contribution < -0.4 is 0 Å². The van der Waals surface area contributed by atoms with E-state index in [1.165, 1.54) is 0 Å². The highest BCUT2D eigenvalue weighted by Gasteiger charge is 2.11. The van der Waals surface area contributed by atoms with E-state index in [4.69, 9.17) is 16.7 Å². The van der Waals surface area contributed by atoms with E-state index >= 15 is 0 Å². The summed E-state index contributed by atoms with van der Waals surface area (Å²) in [5.41, 5.74) is 1.37. The number of allylic oxidation sites excluding steroid dienone is 3. The lowest BCUT2D eigenvalue weighted by Crippen LogP contribution is -2.00. The number of carbonyl (C=O) groups excluding carboxylic acids is 1. The number of aliphatic hydroxyl groups excluding tert-OH is 1. The molecule has 0 aromatic rings. The molecule has 11 heavy (non-hydrogen) atoms. The minimum Gasteiger partial charge on any atom is -0.515 e. The average Bonchev–Trinajstić information content (AvgIpc) is 2.05. The van der Waals surface area contributed by atoms with Crippen LogP contribution in [0, 0.1) is 0 Å². The lowest BCUT2D eigenvalue weighted by molar-refractivity contribution is -0.108. The summed E-state index contributed by atoms with van der Waals surface area (Å²) in [6, 6.07) is 0. The number of carbonyl (C=O) groups is 1. The fraction of sp³-hybridized carbons (Fsp3) is 0.375. The predicted octanol–water partition coefficient (Wildman–Crippen LogP) is 2.30. The van der Waals surface area contributed by atoms with Crippen LogP contribution in [0.2, 0.25) is 0 Å². The van der Waals surface area contributed by atoms with Crippen molar-refractivity contribution >= 4 is 16.8 Å². The first-order valence-electron chi connectivity index (χ1n) is 3.47. The van der Waals surface area contributed by atoms with Crippen LogP contribution in [0.25, 0.3) is 0 Å². The van der Waals surface area contributed by atoms with E-state index in [2.05, 4.69) is 0 Å². The minimum absolute atomic E-state index is 0.413. The maximum absolute atomic E-state index is 10.6. The topological polar surface area (TPSA) is 37.3 Å². The highest BCUT2D eigenvalue weighted by atomic mass is 35.5. The van der Waals surface area contributed by atoms with Crippen LogP contribution in [-0.2, 0) is 4.79 Å². The molecule has 0 radical (unpaired) electrons. The zero-order valence-corrected chi connectivity index (χ0v) is 6.77. The van der Waals surface area contributed by atoms with Gasteiger partial charge in [0.1, 0.15) is 0 Å². The molecule has 0 spiro atoms. The number of hydrogen-bond acceptors (Lipinski definition) is 2. The van der Waals surface area contributed by atoms with Crippen LogP contribution in [0.3, 0.4) is 0 Å². The Morgan fingerprint density at radius 3 is 2.91 bits per heavy atom. The van der Waals surface area contributed by atoms with Crippen molar-refractivity contribution in [2.24, 2.45) is 0 Å². The van der Waals surface area contributed by atoms with Gasteiger partial charge in [0, 0.05) is 5.57 Å². The molecule has 0 amide bonds. The molecule has 1 aliphatic carbocycles. The average molecular weight is 173 g/mol. The standard InChI is InChI=1S/C8H9ClO2/c9-8(11)7-3-1-2-6(4-7)5-10/h4-5,10H,1-3H2. The van der Waals surface area contributed by atoms with Crippen LogP contribution in [0.1, 0.15) is 19.3 Å². The second kappa shape index (κ2) is 3.58. The largest absolute Gasteiger partial charge is 0.515 e. The molecule has 60 valence electrons. The Morgan fingerprint density at radius 2 is 2.36 bits per heavy atom. The molecule has 0 saturated carbocycles. The molecule has 0 atom stereocenters. The van der Waals surface area contributed by atoms with E-state index in [1.807, 2.05) is 0 Å². The Kier molecular flexibility index (Phi) is 2.71. The van der Waals surface area contributed by atoms with Gasteiger partial charge in [-0.1, -0.05) is 0 Å². The van der Waals surface area contributed by atoms with E-state index < -0.39 is 5.24 Å². The van der Waals surface area contributed by atoms with Crippen LogP contribution in [0.5, 0.6) is 0 Å². The van der Waals surface area contributed by atoms with Gasteiger partial charge in [-0.25, -0.2) is 0 Å². The van der Waals surface area contributed by atoms with Crippen molar-refractivity contribution in [1.29, 1.82) is 0 Å². The van der Waals surface area contributed by atoms with Crippen molar-refractivity contribution in [3.8, 4) is 0 Å². The van der Waals surface area contributed by atoms with Crippen LogP contribution >= 0.6 is 11.6 Å². The minimum atomic E-state index is -0.413. The Balaban J connectivity index is 2.81. The highest BCUT2D eigenvalue weighted by Crippen LogP contribution is 2.22. The first-order chi connectivity index (χ1) is 5.24. The molecule has 0 aromatic carbocycles. The maximum atomic E-state index is 10.6. The Bertz CT molecular complexity index is 228. The van der Waals surface area contributed by atoms with E-state index in [0.29, 0.717) is 5.57 Å². The number of rotatable bonds is 1. The molecule has 0 saturated heterocycles. The van der Waals surface area contributed by atoms with Gasteiger partial charge in [-0.15, -0.1) is 0 Å². The molecule has 1 aliphatic rings. The third-order valence-electron chi connectivity index (χ3n) is 1.69. The smallest absolute Gasteiger partial charge is 0.248 e. The van der Waals surface area contributed by atoms with Crippen LogP contribution in [-0.4, -0.2) is 10.3 Å². The van der Waals surface area contributed by atoms with E-state index in [9.17, 15) is 4.79 Å². The molecule has 1 rings (SSSR count). The normalized spacial score (nSPS) is 21.5. The zero-order chi connectivity index (χ0) is 8.27. The molecule has 1 N–H and O–H groups in total. The fourth-order valence-corrected chi connectivity index (χ4v) is 1.26. The van der Waals surface area contributed by atoms with Gasteiger partial charge in [0.05, 0.1) is 6.26 Å². The maximum Gasteiger partial charge on any atom is 0.248 e. The molecular weight excluding hydrogens is 164 g/mol. The summed E-state index contributed by atoms with van der Waals surface area (Å²) in [6.07, 6.45) is 5.11. The monoisotopic (exact) mass is 172 g/mol. The molecule has 0 aliphatic heterocycles. The van der Waals surface area contributed by atoms with Crippen molar-refractivity contribution in [3.05, 3.63) is 23.5 Å². The molecule has 3 heteroatoms. The highest BCUT2D eigenvalue weighted by molar-refractivity contribution is 6.67. The van der Waals surface area contributed by atoms with Gasteiger partial charge >= 0.3 is 0 Å². The van der Waals surface area contributed by atoms with Crippen molar-refractivity contribution in [2.75, 3.05) is 0 Å². The summed E-state index contributed by atoms with van der Waals surface area (Å²) < 4.78 is 0. The SMILES string of the molecule is O=C(Cl)C1=CC(=CO)CCC1. The number of aliphatic hydroxyl groups is 1. The lowest BCUT2D eigenvalue weighted by Gasteiger charge is -2.10. The summed E-state index contributed by atoms with van der Waals surface area (Å²) in [7, 11) is 0. The summed E-state index contributed by atoms with van der Waals surface area (Å²) in [5.74, 6) is 0. The molecule has 0 aromatic heterocycles. The fourth-order valence-electron chi connectivity index (χ4n) is 1.11. The first kappa shape index (κ1) is 8.34. The zero-order valence-electron chi connectivity index (χ0n) is 6.01. The summed E-state index contributed by atoms with van der Waals surface area (Å²) in [5, 5.41) is 8.22. The second-order valence-electron chi connectivity index (χ2n) is 2.50. The van der Waals surface area contributed by atoms with Gasteiger partial charge in [0.15, 0.2) is 0 Å². The first-order valence-corrected chi connectivity index (χ1v) is 3.85. The van der Waals surface area contributed by atoms with Gasteiger partial charge in [-0.3, -0.25) is 4.79 Å². The Hall–Kier alpha value is -0.760. The van der Waals surface area contributed by atoms with Crippen LogP contribution in [0.4, 0.5) is 0 Å². The van der Waals surface area contributed by atoms with E-state index in [0.717, 1.165) is 31.1 Å². The van der Waals surface area contributed by atoms with Crippen LogP contribution in [0.15, 0.2) is 23.5 Å². The molecule has 2 nitrogen and oxygen atoms in total. The van der Waals surface area contributed by atoms with Gasteiger partial charge in [-0.2, -0.15) is 0 Å². The molecular formula is C8H9ClO2.